The third kappa shape index (κ3) is 2.78. The molecule has 0 saturated heterocycles. The predicted molar refractivity (Wildman–Crippen MR) is 72.3 cm³/mol. The van der Waals surface area contributed by atoms with Gasteiger partial charge < -0.3 is 9.84 Å². The summed E-state index contributed by atoms with van der Waals surface area (Å²) in [5, 5.41) is 18.0. The topological polar surface area (TPSA) is 70.3 Å². The van der Waals surface area contributed by atoms with E-state index in [9.17, 15) is 9.18 Å². The average Bonchev–Trinajstić information content (AvgIpc) is 2.41. The molecule has 2 rings (SSSR count). The molecule has 2 aromatic carbocycles. The molecule has 100 valence electrons. The highest BCUT2D eigenvalue weighted by Gasteiger charge is 2.15. The van der Waals surface area contributed by atoms with E-state index in [1.807, 2.05) is 0 Å². The van der Waals surface area contributed by atoms with Gasteiger partial charge in [-0.3, -0.25) is 0 Å². The second-order valence-electron chi connectivity index (χ2n) is 3.77. The first-order chi connectivity index (χ1) is 9.52. The summed E-state index contributed by atoms with van der Waals surface area (Å²) in [5.41, 5.74) is -0.362. The summed E-state index contributed by atoms with van der Waals surface area (Å²) in [6, 6.07) is 9.98. The van der Waals surface area contributed by atoms with E-state index >= 15 is 0 Å². The first-order valence-electron chi connectivity index (χ1n) is 5.42. The van der Waals surface area contributed by atoms with E-state index in [4.69, 9.17) is 15.1 Å². The van der Waals surface area contributed by atoms with Crippen LogP contribution in [0.1, 0.15) is 15.9 Å². The van der Waals surface area contributed by atoms with Gasteiger partial charge in [0.25, 0.3) is 0 Å². The van der Waals surface area contributed by atoms with Crippen LogP contribution in [0.25, 0.3) is 0 Å². The molecule has 0 bridgehead atoms. The van der Waals surface area contributed by atoms with E-state index in [0.717, 1.165) is 6.07 Å². The molecule has 0 aliphatic rings. The second kappa shape index (κ2) is 5.72. The molecule has 0 spiro atoms. The van der Waals surface area contributed by atoms with Gasteiger partial charge in [0, 0.05) is 4.47 Å². The lowest BCUT2D eigenvalue weighted by Gasteiger charge is -2.10. The van der Waals surface area contributed by atoms with E-state index < -0.39 is 11.8 Å². The molecule has 0 radical (unpaired) electrons. The lowest BCUT2D eigenvalue weighted by molar-refractivity contribution is 0.0694. The Bertz CT molecular complexity index is 725. The van der Waals surface area contributed by atoms with Crippen LogP contribution in [-0.4, -0.2) is 11.1 Å². The third-order valence-corrected chi connectivity index (χ3v) is 2.97. The number of rotatable bonds is 3. The molecule has 0 heterocycles. The molecule has 0 aromatic heterocycles. The van der Waals surface area contributed by atoms with Crippen molar-refractivity contribution in [2.45, 2.75) is 0 Å². The molecule has 0 amide bonds. The zero-order valence-electron chi connectivity index (χ0n) is 9.93. The molecule has 6 heteroatoms. The van der Waals surface area contributed by atoms with Crippen LogP contribution in [0.3, 0.4) is 0 Å². The maximum Gasteiger partial charge on any atom is 0.339 e. The number of hydrogen-bond donors (Lipinski definition) is 1. The van der Waals surface area contributed by atoms with Crippen molar-refractivity contribution in [1.29, 1.82) is 5.26 Å². The van der Waals surface area contributed by atoms with Gasteiger partial charge >= 0.3 is 5.97 Å². The molecule has 0 saturated carbocycles. The number of halogens is 2. The van der Waals surface area contributed by atoms with E-state index in [-0.39, 0.29) is 22.6 Å². The molecular weight excluding hydrogens is 329 g/mol. The van der Waals surface area contributed by atoms with E-state index in [1.165, 1.54) is 24.3 Å². The van der Waals surface area contributed by atoms with Crippen LogP contribution in [0.15, 0.2) is 40.9 Å². The summed E-state index contributed by atoms with van der Waals surface area (Å²) in [6.07, 6.45) is 0. The number of aromatic carboxylic acids is 1. The third-order valence-electron chi connectivity index (χ3n) is 2.48. The number of carbonyl (C=O) groups is 1. The van der Waals surface area contributed by atoms with Crippen LogP contribution in [-0.2, 0) is 0 Å². The predicted octanol–water partition coefficient (Wildman–Crippen LogP) is 3.95. The maximum atomic E-state index is 13.5. The fourth-order valence-electron chi connectivity index (χ4n) is 1.57. The van der Waals surface area contributed by atoms with Crippen LogP contribution in [0.2, 0.25) is 0 Å². The van der Waals surface area contributed by atoms with Gasteiger partial charge in [-0.15, -0.1) is 0 Å². The first kappa shape index (κ1) is 14.0. The molecule has 0 fully saturated rings. The Kier molecular flexibility index (Phi) is 4.01. The summed E-state index contributed by atoms with van der Waals surface area (Å²) in [6.45, 7) is 0. The summed E-state index contributed by atoms with van der Waals surface area (Å²) >= 11 is 3.16. The quantitative estimate of drug-likeness (QED) is 0.921. The molecule has 0 atom stereocenters. The Morgan fingerprint density at radius 1 is 1.30 bits per heavy atom. The van der Waals surface area contributed by atoms with E-state index in [0.29, 0.717) is 4.47 Å². The first-order valence-corrected chi connectivity index (χ1v) is 6.21. The van der Waals surface area contributed by atoms with Gasteiger partial charge in [0.15, 0.2) is 0 Å². The Hall–Kier alpha value is -2.39. The van der Waals surface area contributed by atoms with Crippen molar-refractivity contribution in [3.63, 3.8) is 0 Å². The van der Waals surface area contributed by atoms with Crippen molar-refractivity contribution in [2.75, 3.05) is 0 Å². The number of ether oxygens (including phenoxy) is 1. The summed E-state index contributed by atoms with van der Waals surface area (Å²) in [7, 11) is 0. The molecule has 2 aromatic rings. The Morgan fingerprint density at radius 2 is 2.05 bits per heavy atom. The minimum atomic E-state index is -1.18. The van der Waals surface area contributed by atoms with Gasteiger partial charge in [0.1, 0.15) is 34.5 Å². The Morgan fingerprint density at radius 3 is 2.70 bits per heavy atom. The van der Waals surface area contributed by atoms with Crippen molar-refractivity contribution < 1.29 is 19.0 Å². The number of nitriles is 1. The molecule has 4 nitrogen and oxygen atoms in total. The molecule has 0 unspecified atom stereocenters. The average molecular weight is 336 g/mol. The van der Waals surface area contributed by atoms with Crippen LogP contribution in [0.5, 0.6) is 11.5 Å². The van der Waals surface area contributed by atoms with Gasteiger partial charge in [-0.1, -0.05) is 22.0 Å². The molecule has 20 heavy (non-hydrogen) atoms. The highest BCUT2D eigenvalue weighted by atomic mass is 79.9. The second-order valence-corrected chi connectivity index (χ2v) is 4.69. The highest BCUT2D eigenvalue weighted by molar-refractivity contribution is 9.10. The van der Waals surface area contributed by atoms with Gasteiger partial charge in [0.2, 0.25) is 0 Å². The number of carboxylic acids is 1. The fraction of sp³-hybridized carbons (Fsp3) is 0. The number of carboxylic acid groups (broad SMARTS) is 1. The number of hydrogen-bond acceptors (Lipinski definition) is 3. The van der Waals surface area contributed by atoms with Crippen molar-refractivity contribution in [3.05, 3.63) is 57.8 Å². The Labute approximate surface area is 122 Å². The van der Waals surface area contributed by atoms with E-state index in [1.54, 1.807) is 12.1 Å². The van der Waals surface area contributed by atoms with Gasteiger partial charge in [-0.25, -0.2) is 9.18 Å². The van der Waals surface area contributed by atoms with Crippen LogP contribution in [0, 0.1) is 17.1 Å². The zero-order valence-corrected chi connectivity index (χ0v) is 11.5. The van der Waals surface area contributed by atoms with Crippen LogP contribution < -0.4 is 4.74 Å². The monoisotopic (exact) mass is 335 g/mol. The van der Waals surface area contributed by atoms with Gasteiger partial charge in [0.05, 0.1) is 0 Å². The number of benzene rings is 2. The van der Waals surface area contributed by atoms with Gasteiger partial charge in [-0.2, -0.15) is 5.26 Å². The van der Waals surface area contributed by atoms with E-state index in [2.05, 4.69) is 15.9 Å². The summed E-state index contributed by atoms with van der Waals surface area (Å²) in [5.74, 6) is -1.91. The molecule has 0 aliphatic heterocycles. The zero-order chi connectivity index (χ0) is 14.7. The highest BCUT2D eigenvalue weighted by Crippen LogP contribution is 2.30. The van der Waals surface area contributed by atoms with Crippen LogP contribution in [0.4, 0.5) is 4.39 Å². The lowest BCUT2D eigenvalue weighted by atomic mass is 10.2. The molecule has 0 aliphatic carbocycles. The van der Waals surface area contributed by atoms with Gasteiger partial charge in [-0.05, 0) is 30.3 Å². The largest absolute Gasteiger partial charge is 0.478 e. The molecule has 1 N–H and O–H groups in total. The summed E-state index contributed by atoms with van der Waals surface area (Å²) in [4.78, 5) is 11.1. The minimum absolute atomic E-state index is 0.0303. The van der Waals surface area contributed by atoms with Crippen molar-refractivity contribution in [3.8, 4) is 17.6 Å². The molecular formula is C14H7BrFNO3. The lowest BCUT2D eigenvalue weighted by Crippen LogP contribution is -2.01. The maximum absolute atomic E-state index is 13.5. The smallest absolute Gasteiger partial charge is 0.339 e. The standard InChI is InChI=1S/C14H7BrFNO3/c15-8-4-5-13(9(6-8)14(18)19)20-12-3-1-2-11(16)10(12)7-17/h1-6H,(H,18,19). The fourth-order valence-corrected chi connectivity index (χ4v) is 1.94. The summed E-state index contributed by atoms with van der Waals surface area (Å²) < 4.78 is 19.4. The minimum Gasteiger partial charge on any atom is -0.478 e. The Balaban J connectivity index is 2.49. The van der Waals surface area contributed by atoms with Crippen LogP contribution >= 0.6 is 15.9 Å². The number of nitrogens with zero attached hydrogens (tertiary/aromatic N) is 1. The SMILES string of the molecule is N#Cc1c(F)cccc1Oc1ccc(Br)cc1C(=O)O. The van der Waals surface area contributed by atoms with Crippen molar-refractivity contribution in [2.24, 2.45) is 0 Å². The van der Waals surface area contributed by atoms with Crippen molar-refractivity contribution >= 4 is 21.9 Å². The normalized spacial score (nSPS) is 9.85. The van der Waals surface area contributed by atoms with Crippen molar-refractivity contribution in [1.82, 2.24) is 0 Å².